The normalized spacial score (nSPS) is 18.8. The predicted molar refractivity (Wildman–Crippen MR) is 129 cm³/mol. The van der Waals surface area contributed by atoms with Crippen LogP contribution in [0.4, 0.5) is 0 Å². The molecule has 3 aromatic rings. The number of benzene rings is 2. The summed E-state index contributed by atoms with van der Waals surface area (Å²) in [5.41, 5.74) is 3.07. The first-order valence-electron chi connectivity index (χ1n) is 10.4. The lowest BCUT2D eigenvalue weighted by atomic mass is 10.0. The van der Waals surface area contributed by atoms with Gasteiger partial charge in [0.25, 0.3) is 5.91 Å². The van der Waals surface area contributed by atoms with Gasteiger partial charge in [0.15, 0.2) is 6.10 Å². The number of esters is 1. The van der Waals surface area contributed by atoms with E-state index in [1.54, 1.807) is 12.3 Å². The van der Waals surface area contributed by atoms with Crippen LogP contribution in [0, 0.1) is 0 Å². The number of fused-ring (bicyclic) bond motifs is 1. The minimum absolute atomic E-state index is 0.112. The number of nitrogens with zero attached hydrogens (tertiary/aromatic N) is 2. The van der Waals surface area contributed by atoms with Gasteiger partial charge >= 0.3 is 5.97 Å². The number of β-lactam (4-membered cyclic amide) rings is 1. The van der Waals surface area contributed by atoms with E-state index in [4.69, 9.17) is 16.3 Å². The number of hydrogen-bond acceptors (Lipinski definition) is 5. The van der Waals surface area contributed by atoms with Crippen molar-refractivity contribution < 1.29 is 14.3 Å². The van der Waals surface area contributed by atoms with Crippen molar-refractivity contribution in [1.29, 1.82) is 0 Å². The molecule has 0 aliphatic carbocycles. The van der Waals surface area contributed by atoms with E-state index in [-0.39, 0.29) is 17.0 Å². The summed E-state index contributed by atoms with van der Waals surface area (Å²) in [6.07, 6.45) is 2.81. The molecule has 2 aromatic carbocycles. The molecule has 0 radical (unpaired) electrons. The topological polar surface area (TPSA) is 59.5 Å². The molecule has 0 saturated carbocycles. The molecule has 0 N–H and O–H groups in total. The van der Waals surface area contributed by atoms with Gasteiger partial charge in [-0.3, -0.25) is 14.7 Å². The van der Waals surface area contributed by atoms with Crippen molar-refractivity contribution in [1.82, 2.24) is 9.88 Å². The van der Waals surface area contributed by atoms with Crippen LogP contribution in [0.25, 0.3) is 6.08 Å². The van der Waals surface area contributed by atoms with Gasteiger partial charge in [0.05, 0.1) is 16.3 Å². The first-order chi connectivity index (χ1) is 16.1. The zero-order valence-electron chi connectivity index (χ0n) is 17.4. The highest BCUT2D eigenvalue weighted by Crippen LogP contribution is 2.45. The number of amides is 1. The molecule has 1 atom stereocenters. The van der Waals surface area contributed by atoms with Crippen LogP contribution in [0.15, 0.2) is 101 Å². The van der Waals surface area contributed by atoms with Crippen molar-refractivity contribution in [3.05, 3.63) is 118 Å². The van der Waals surface area contributed by atoms with Crippen LogP contribution in [-0.4, -0.2) is 32.9 Å². The smallest absolute Gasteiger partial charge is 0.357 e. The lowest BCUT2D eigenvalue weighted by Crippen LogP contribution is -2.56. The summed E-state index contributed by atoms with van der Waals surface area (Å²) in [5.74, 6) is -0.464. The highest BCUT2D eigenvalue weighted by molar-refractivity contribution is 8.00. The fourth-order valence-corrected chi connectivity index (χ4v) is 5.37. The van der Waals surface area contributed by atoms with Gasteiger partial charge in [0.2, 0.25) is 0 Å². The summed E-state index contributed by atoms with van der Waals surface area (Å²) in [4.78, 5) is 32.1. The number of rotatable bonds is 5. The van der Waals surface area contributed by atoms with E-state index in [9.17, 15) is 9.59 Å². The van der Waals surface area contributed by atoms with Crippen molar-refractivity contribution in [2.45, 2.75) is 11.5 Å². The van der Waals surface area contributed by atoms with Gasteiger partial charge in [-0.25, -0.2) is 4.79 Å². The number of carbonyl (C=O) groups is 2. The lowest BCUT2D eigenvalue weighted by Gasteiger charge is -2.45. The predicted octanol–water partition coefficient (Wildman–Crippen LogP) is 5.16. The van der Waals surface area contributed by atoms with Gasteiger partial charge < -0.3 is 4.74 Å². The Morgan fingerprint density at radius 1 is 1.03 bits per heavy atom. The Balaban J connectivity index is 1.43. The summed E-state index contributed by atoms with van der Waals surface area (Å²) in [5, 5.41) is 0.0165. The number of ether oxygens (including phenoxy) is 1. The van der Waals surface area contributed by atoms with E-state index < -0.39 is 12.1 Å². The van der Waals surface area contributed by atoms with Crippen LogP contribution in [0.3, 0.4) is 0 Å². The maximum Gasteiger partial charge on any atom is 0.357 e. The Bertz CT molecular complexity index is 1210. The standard InChI is InChI=1S/C26H19ClN2O3S/c27-21-16-33-25-20(15-19-13-7-8-14-28-19)24(30)29(25)22(21)26(31)32-23(17-9-3-1-4-10-17)18-11-5-2-6-12-18/h1-15,23,25H,16H2/b20-15-/t25-/m1/s1. The van der Waals surface area contributed by atoms with Crippen LogP contribution < -0.4 is 0 Å². The third-order valence-corrected chi connectivity index (χ3v) is 7.15. The molecule has 5 rings (SSSR count). The quantitative estimate of drug-likeness (QED) is 0.290. The van der Waals surface area contributed by atoms with E-state index in [0.717, 1.165) is 11.1 Å². The van der Waals surface area contributed by atoms with Gasteiger partial charge in [-0.05, 0) is 29.3 Å². The van der Waals surface area contributed by atoms with Gasteiger partial charge in [0.1, 0.15) is 11.1 Å². The van der Waals surface area contributed by atoms with Crippen LogP contribution >= 0.6 is 23.4 Å². The third-order valence-electron chi connectivity index (χ3n) is 5.45. The van der Waals surface area contributed by atoms with Crippen molar-refractivity contribution in [3.8, 4) is 0 Å². The third kappa shape index (κ3) is 4.19. The highest BCUT2D eigenvalue weighted by Gasteiger charge is 2.50. The monoisotopic (exact) mass is 474 g/mol. The van der Waals surface area contributed by atoms with Crippen LogP contribution in [0.1, 0.15) is 22.9 Å². The molecule has 1 amide bonds. The summed E-state index contributed by atoms with van der Waals surface area (Å²) < 4.78 is 5.97. The molecule has 1 fully saturated rings. The number of aromatic nitrogens is 1. The Morgan fingerprint density at radius 2 is 1.67 bits per heavy atom. The summed E-state index contributed by atoms with van der Waals surface area (Å²) >= 11 is 7.95. The number of halogens is 1. The maximum absolute atomic E-state index is 13.4. The van der Waals surface area contributed by atoms with E-state index in [2.05, 4.69) is 4.98 Å². The molecule has 0 unspecified atom stereocenters. The molecule has 2 aliphatic rings. The van der Waals surface area contributed by atoms with Gasteiger partial charge in [-0.15, -0.1) is 11.8 Å². The molecule has 3 heterocycles. The zero-order chi connectivity index (χ0) is 22.8. The molecule has 1 aromatic heterocycles. The SMILES string of the molecule is O=C(OC(c1ccccc1)c1ccccc1)C1=C(Cl)CS[C@@H]2/C(=C\c3ccccn3)C(=O)N12. The zero-order valence-corrected chi connectivity index (χ0v) is 19.0. The Labute approximate surface area is 200 Å². The number of hydrogen-bond donors (Lipinski definition) is 0. The second kappa shape index (κ2) is 9.25. The molecule has 2 aliphatic heterocycles. The van der Waals surface area contributed by atoms with Crippen LogP contribution in [-0.2, 0) is 14.3 Å². The second-order valence-electron chi connectivity index (χ2n) is 7.55. The molecule has 0 bridgehead atoms. The summed E-state index contributed by atoms with van der Waals surface area (Å²) in [6.45, 7) is 0. The molecule has 33 heavy (non-hydrogen) atoms. The highest BCUT2D eigenvalue weighted by atomic mass is 35.5. The average molecular weight is 475 g/mol. The summed E-state index contributed by atoms with van der Waals surface area (Å²) in [7, 11) is 0. The van der Waals surface area contributed by atoms with Crippen LogP contribution in [0.5, 0.6) is 0 Å². The Morgan fingerprint density at radius 3 is 2.27 bits per heavy atom. The maximum atomic E-state index is 13.4. The minimum atomic E-state index is -0.621. The number of carbonyl (C=O) groups excluding carboxylic acids is 2. The van der Waals surface area contributed by atoms with Gasteiger partial charge in [-0.2, -0.15) is 0 Å². The molecular formula is C26H19ClN2O3S. The molecule has 5 nitrogen and oxygen atoms in total. The minimum Gasteiger partial charge on any atom is -0.448 e. The Hall–Kier alpha value is -3.35. The number of pyridine rings is 1. The molecule has 0 spiro atoms. The Kier molecular flexibility index (Phi) is 6.03. The average Bonchev–Trinajstić information content (AvgIpc) is 2.87. The fraction of sp³-hybridized carbons (Fsp3) is 0.115. The van der Waals surface area contributed by atoms with Crippen LogP contribution in [0.2, 0.25) is 0 Å². The second-order valence-corrected chi connectivity index (χ2v) is 9.08. The van der Waals surface area contributed by atoms with Crippen molar-refractivity contribution in [3.63, 3.8) is 0 Å². The first kappa shape index (κ1) is 21.5. The van der Waals surface area contributed by atoms with Crippen molar-refractivity contribution in [2.24, 2.45) is 0 Å². The summed E-state index contributed by atoms with van der Waals surface area (Å²) in [6, 6.07) is 24.5. The lowest BCUT2D eigenvalue weighted by molar-refractivity contribution is -0.149. The van der Waals surface area contributed by atoms with E-state index in [1.165, 1.54) is 16.7 Å². The molecule has 164 valence electrons. The van der Waals surface area contributed by atoms with E-state index in [1.807, 2.05) is 78.9 Å². The fourth-order valence-electron chi connectivity index (χ4n) is 3.87. The van der Waals surface area contributed by atoms with Gasteiger partial charge in [-0.1, -0.05) is 78.3 Å². The van der Waals surface area contributed by atoms with Crippen molar-refractivity contribution >= 4 is 41.3 Å². The number of thioether (sulfide) groups is 1. The molecular weight excluding hydrogens is 456 g/mol. The van der Waals surface area contributed by atoms with Crippen molar-refractivity contribution in [2.75, 3.05) is 5.75 Å². The first-order valence-corrected chi connectivity index (χ1v) is 11.8. The van der Waals surface area contributed by atoms with E-state index >= 15 is 0 Å². The van der Waals surface area contributed by atoms with E-state index in [0.29, 0.717) is 22.1 Å². The van der Waals surface area contributed by atoms with Gasteiger partial charge in [0, 0.05) is 11.9 Å². The molecule has 1 saturated heterocycles. The molecule has 7 heteroatoms. The largest absolute Gasteiger partial charge is 0.448 e.